The van der Waals surface area contributed by atoms with Crippen molar-refractivity contribution in [2.45, 2.75) is 52.1 Å². The van der Waals surface area contributed by atoms with Crippen LogP contribution in [-0.4, -0.2) is 48.1 Å². The summed E-state index contributed by atoms with van der Waals surface area (Å²) >= 11 is 0. The Balaban J connectivity index is 1.90. The lowest BCUT2D eigenvalue weighted by atomic mass is 9.84. The molecule has 2 N–H and O–H groups in total. The fourth-order valence-corrected chi connectivity index (χ4v) is 3.17. The van der Waals surface area contributed by atoms with Crippen LogP contribution < -0.4 is 10.6 Å². The maximum Gasteiger partial charge on any atom is 0.240 e. The van der Waals surface area contributed by atoms with Crippen molar-refractivity contribution in [3.63, 3.8) is 0 Å². The van der Waals surface area contributed by atoms with E-state index in [1.165, 1.54) is 0 Å². The number of carbonyl (C=O) groups excluding carboxylic acids is 1. The number of hydrogen-bond acceptors (Lipinski definition) is 6. The minimum Gasteiger partial charge on any atom is -0.344 e. The van der Waals surface area contributed by atoms with Gasteiger partial charge in [-0.15, -0.1) is 0 Å². The Morgan fingerprint density at radius 1 is 1.42 bits per heavy atom. The lowest BCUT2D eigenvalue weighted by Gasteiger charge is -2.29. The molecule has 136 valence electrons. The van der Waals surface area contributed by atoms with Crippen molar-refractivity contribution < 1.29 is 9.32 Å². The predicted octanol–water partition coefficient (Wildman–Crippen LogP) is 1.51. The fraction of sp³-hybridized carbons (Fsp3) is 0.824. The molecule has 0 radical (unpaired) electrons. The number of rotatable bonds is 7. The Morgan fingerprint density at radius 2 is 2.08 bits per heavy atom. The first kappa shape index (κ1) is 18.9. The first-order valence-corrected chi connectivity index (χ1v) is 8.77. The van der Waals surface area contributed by atoms with E-state index >= 15 is 0 Å². The predicted molar refractivity (Wildman–Crippen MR) is 92.2 cm³/mol. The second-order valence-corrected chi connectivity index (χ2v) is 7.69. The molecule has 0 bridgehead atoms. The Kier molecular flexibility index (Phi) is 6.34. The van der Waals surface area contributed by atoms with Crippen molar-refractivity contribution in [3.8, 4) is 0 Å². The van der Waals surface area contributed by atoms with Crippen LogP contribution in [-0.2, 0) is 16.9 Å². The number of piperidine rings is 1. The molecular formula is C17H31N5O2. The van der Waals surface area contributed by atoms with E-state index in [0.717, 1.165) is 25.9 Å². The maximum absolute atomic E-state index is 12.4. The largest absolute Gasteiger partial charge is 0.344 e. The smallest absolute Gasteiger partial charge is 0.240 e. The Morgan fingerprint density at radius 3 is 2.71 bits per heavy atom. The second-order valence-electron chi connectivity index (χ2n) is 7.69. The third-order valence-electron chi connectivity index (χ3n) is 4.63. The molecule has 1 aliphatic rings. The summed E-state index contributed by atoms with van der Waals surface area (Å²) in [6.07, 6.45) is 2.84. The number of carbonyl (C=O) groups is 1. The minimum absolute atomic E-state index is 0.0463. The Labute approximate surface area is 144 Å². The van der Waals surface area contributed by atoms with Crippen molar-refractivity contribution >= 4 is 5.91 Å². The first-order chi connectivity index (χ1) is 11.3. The van der Waals surface area contributed by atoms with Gasteiger partial charge in [-0.25, -0.2) is 0 Å². The van der Waals surface area contributed by atoms with Crippen molar-refractivity contribution in [3.05, 3.63) is 11.7 Å². The molecule has 0 spiro atoms. The zero-order chi connectivity index (χ0) is 17.7. The number of amides is 1. The zero-order valence-corrected chi connectivity index (χ0v) is 15.6. The summed E-state index contributed by atoms with van der Waals surface area (Å²) in [6, 6.07) is 0. The standard InChI is InChI=1S/C17H31N5O2/c1-12(13-6-8-18-9-7-13)10-14(23)20-17(2,3)16-19-15(24-21-16)11-22(4)5/h12-13,18H,6-11H2,1-5H3,(H,20,23). The molecule has 1 atom stereocenters. The second kappa shape index (κ2) is 8.07. The highest BCUT2D eigenvalue weighted by atomic mass is 16.5. The average Bonchev–Trinajstić information content (AvgIpc) is 2.96. The van der Waals surface area contributed by atoms with Crippen LogP contribution in [0.5, 0.6) is 0 Å². The molecule has 0 aromatic carbocycles. The molecule has 0 aliphatic carbocycles. The third-order valence-corrected chi connectivity index (χ3v) is 4.63. The molecular weight excluding hydrogens is 306 g/mol. The SMILES string of the molecule is CC(CC(=O)NC(C)(C)c1noc(CN(C)C)n1)C1CCNCC1. The van der Waals surface area contributed by atoms with Gasteiger partial charge in [0.1, 0.15) is 0 Å². The molecule has 2 heterocycles. The van der Waals surface area contributed by atoms with E-state index in [9.17, 15) is 4.79 Å². The van der Waals surface area contributed by atoms with E-state index in [1.54, 1.807) is 0 Å². The van der Waals surface area contributed by atoms with Gasteiger partial charge < -0.3 is 20.1 Å². The van der Waals surface area contributed by atoms with Crippen LogP contribution in [0.2, 0.25) is 0 Å². The van der Waals surface area contributed by atoms with Gasteiger partial charge in [0.15, 0.2) is 5.82 Å². The molecule has 1 aromatic rings. The van der Waals surface area contributed by atoms with Crippen LogP contribution in [0, 0.1) is 11.8 Å². The molecule has 7 heteroatoms. The Bertz CT molecular complexity index is 535. The lowest BCUT2D eigenvalue weighted by Crippen LogP contribution is -2.43. The number of nitrogens with zero attached hydrogens (tertiary/aromatic N) is 3. The van der Waals surface area contributed by atoms with Crippen LogP contribution >= 0.6 is 0 Å². The summed E-state index contributed by atoms with van der Waals surface area (Å²) in [5.41, 5.74) is -0.640. The van der Waals surface area contributed by atoms with Gasteiger partial charge in [-0.3, -0.25) is 4.79 Å². The van der Waals surface area contributed by atoms with Gasteiger partial charge in [-0.1, -0.05) is 12.1 Å². The van der Waals surface area contributed by atoms with Crippen molar-refractivity contribution in [2.24, 2.45) is 11.8 Å². The molecule has 7 nitrogen and oxygen atoms in total. The lowest BCUT2D eigenvalue weighted by molar-refractivity contribution is -0.124. The molecule has 1 unspecified atom stereocenters. The highest BCUT2D eigenvalue weighted by Crippen LogP contribution is 2.25. The normalized spacial score (nSPS) is 17.9. The van der Waals surface area contributed by atoms with E-state index in [2.05, 4.69) is 27.7 Å². The molecule has 1 fully saturated rings. The molecule has 0 saturated carbocycles. The fourth-order valence-electron chi connectivity index (χ4n) is 3.17. The van der Waals surface area contributed by atoms with Crippen LogP contribution in [0.1, 0.15) is 51.7 Å². The van der Waals surface area contributed by atoms with Gasteiger partial charge in [0, 0.05) is 6.42 Å². The maximum atomic E-state index is 12.4. The van der Waals surface area contributed by atoms with Crippen LogP contribution in [0.25, 0.3) is 0 Å². The van der Waals surface area contributed by atoms with Gasteiger partial charge in [-0.2, -0.15) is 4.98 Å². The average molecular weight is 337 g/mol. The summed E-state index contributed by atoms with van der Waals surface area (Å²) in [7, 11) is 3.89. The molecule has 24 heavy (non-hydrogen) atoms. The number of aromatic nitrogens is 2. The Hall–Kier alpha value is -1.47. The third kappa shape index (κ3) is 5.27. The topological polar surface area (TPSA) is 83.3 Å². The quantitative estimate of drug-likeness (QED) is 0.785. The molecule has 1 aromatic heterocycles. The van der Waals surface area contributed by atoms with Gasteiger partial charge in [0.2, 0.25) is 11.8 Å². The number of nitrogens with one attached hydrogen (secondary N) is 2. The molecule has 2 rings (SSSR count). The summed E-state index contributed by atoms with van der Waals surface area (Å²) in [4.78, 5) is 18.8. The molecule has 1 saturated heterocycles. The van der Waals surface area contributed by atoms with Crippen molar-refractivity contribution in [1.29, 1.82) is 0 Å². The summed E-state index contributed by atoms with van der Waals surface area (Å²) < 4.78 is 5.26. The van der Waals surface area contributed by atoms with E-state index < -0.39 is 5.54 Å². The number of hydrogen-bond donors (Lipinski definition) is 2. The van der Waals surface area contributed by atoms with Gasteiger partial charge in [0.05, 0.1) is 12.1 Å². The van der Waals surface area contributed by atoms with Crippen LogP contribution in [0.4, 0.5) is 0 Å². The summed E-state index contributed by atoms with van der Waals surface area (Å²) in [5, 5.41) is 10.5. The van der Waals surface area contributed by atoms with E-state index in [4.69, 9.17) is 4.52 Å². The van der Waals surface area contributed by atoms with Gasteiger partial charge in [0.25, 0.3) is 0 Å². The van der Waals surface area contributed by atoms with Crippen LogP contribution in [0.15, 0.2) is 4.52 Å². The zero-order valence-electron chi connectivity index (χ0n) is 15.6. The first-order valence-electron chi connectivity index (χ1n) is 8.77. The van der Waals surface area contributed by atoms with Crippen molar-refractivity contribution in [2.75, 3.05) is 27.2 Å². The molecule has 1 aliphatic heterocycles. The highest BCUT2D eigenvalue weighted by Gasteiger charge is 2.30. The van der Waals surface area contributed by atoms with Gasteiger partial charge >= 0.3 is 0 Å². The highest BCUT2D eigenvalue weighted by molar-refractivity contribution is 5.77. The minimum atomic E-state index is -0.640. The van der Waals surface area contributed by atoms with Crippen molar-refractivity contribution in [1.82, 2.24) is 25.7 Å². The van der Waals surface area contributed by atoms with E-state index in [1.807, 2.05) is 32.8 Å². The van der Waals surface area contributed by atoms with E-state index in [-0.39, 0.29) is 5.91 Å². The summed E-state index contributed by atoms with van der Waals surface area (Å²) in [5.74, 6) is 2.13. The van der Waals surface area contributed by atoms with Crippen LogP contribution in [0.3, 0.4) is 0 Å². The van der Waals surface area contributed by atoms with Gasteiger partial charge in [-0.05, 0) is 65.7 Å². The van der Waals surface area contributed by atoms with E-state index in [0.29, 0.717) is 36.5 Å². The monoisotopic (exact) mass is 337 g/mol. The summed E-state index contributed by atoms with van der Waals surface area (Å²) in [6.45, 7) is 8.68. The molecule has 1 amide bonds.